The molecule has 0 saturated heterocycles. The van der Waals surface area contributed by atoms with Crippen molar-refractivity contribution in [3.63, 3.8) is 0 Å². The average Bonchev–Trinajstić information content (AvgIpc) is 2.49. The van der Waals surface area contributed by atoms with E-state index in [1.807, 2.05) is 31.3 Å². The summed E-state index contributed by atoms with van der Waals surface area (Å²) in [5, 5.41) is 9.97. The molecule has 1 aromatic carbocycles. The molecular formula is C17H23Cl2NOZr. The minimum atomic E-state index is -0.826. The van der Waals surface area contributed by atoms with Crippen LogP contribution in [0.5, 0.6) is 5.75 Å². The van der Waals surface area contributed by atoms with Gasteiger partial charge in [0.1, 0.15) is 5.75 Å². The number of para-hydroxylation sites is 1. The molecule has 2 aliphatic rings. The molecule has 0 unspecified atom stereocenters. The van der Waals surface area contributed by atoms with Crippen LogP contribution in [0, 0.1) is 12.3 Å². The molecule has 3 rings (SSSR count). The molecular weight excluding hydrogens is 396 g/mol. The predicted molar refractivity (Wildman–Crippen MR) is 90.7 cm³/mol. The monoisotopic (exact) mass is 417 g/mol. The van der Waals surface area contributed by atoms with Crippen LogP contribution in [0.15, 0.2) is 23.2 Å². The molecule has 2 fully saturated rings. The number of aromatic hydroxyl groups is 1. The van der Waals surface area contributed by atoms with Gasteiger partial charge >= 0.3 is 37.9 Å². The van der Waals surface area contributed by atoms with E-state index in [-0.39, 0.29) is 0 Å². The van der Waals surface area contributed by atoms with Crippen molar-refractivity contribution in [3.8, 4) is 5.75 Å². The third-order valence-electron chi connectivity index (χ3n) is 5.12. The molecule has 22 heavy (non-hydrogen) atoms. The summed E-state index contributed by atoms with van der Waals surface area (Å²) in [6.07, 6.45) is 11.4. The van der Waals surface area contributed by atoms with E-state index in [9.17, 15) is 5.11 Å². The molecule has 0 amide bonds. The van der Waals surface area contributed by atoms with Gasteiger partial charge in [-0.1, -0.05) is 18.6 Å². The molecule has 0 aliphatic heterocycles. The summed E-state index contributed by atoms with van der Waals surface area (Å²) < 4.78 is 0. The fourth-order valence-electron chi connectivity index (χ4n) is 3.51. The van der Waals surface area contributed by atoms with Gasteiger partial charge < -0.3 is 5.11 Å². The topological polar surface area (TPSA) is 32.6 Å². The van der Waals surface area contributed by atoms with Crippen LogP contribution in [0.4, 0.5) is 0 Å². The normalized spacial score (nSPS) is 20.3. The minimum absolute atomic E-state index is 0.373. The van der Waals surface area contributed by atoms with Crippen molar-refractivity contribution in [2.24, 2.45) is 10.4 Å². The fraction of sp³-hybridized carbons (Fsp3) is 0.588. The summed E-state index contributed by atoms with van der Waals surface area (Å²) in [7, 11) is 9.87. The Morgan fingerprint density at radius 2 is 1.86 bits per heavy atom. The predicted octanol–water partition coefficient (Wildman–Crippen LogP) is 5.61. The molecule has 2 saturated carbocycles. The maximum absolute atomic E-state index is 9.97. The van der Waals surface area contributed by atoms with E-state index in [1.165, 1.54) is 44.9 Å². The van der Waals surface area contributed by atoms with Crippen molar-refractivity contribution in [3.05, 3.63) is 29.3 Å². The summed E-state index contributed by atoms with van der Waals surface area (Å²) in [5.41, 5.74) is 2.47. The van der Waals surface area contributed by atoms with Gasteiger partial charge in [0.2, 0.25) is 0 Å². The van der Waals surface area contributed by atoms with Gasteiger partial charge in [-0.2, -0.15) is 0 Å². The number of rotatable bonds is 2. The maximum atomic E-state index is 9.97. The van der Waals surface area contributed by atoms with Gasteiger partial charge in [-0.3, -0.25) is 4.99 Å². The first-order valence-electron chi connectivity index (χ1n) is 7.88. The number of hydrogen-bond acceptors (Lipinski definition) is 2. The SMILES string of the molecule is Cc1cccc(C=NC2CCC3(CCC3)CC2)c1O.[Cl][Zr][Cl]. The van der Waals surface area contributed by atoms with Crippen LogP contribution >= 0.6 is 17.0 Å². The Morgan fingerprint density at radius 1 is 1.23 bits per heavy atom. The second kappa shape index (κ2) is 8.85. The Morgan fingerprint density at radius 3 is 2.41 bits per heavy atom. The van der Waals surface area contributed by atoms with Crippen LogP contribution in [0.2, 0.25) is 0 Å². The third-order valence-corrected chi connectivity index (χ3v) is 5.12. The van der Waals surface area contributed by atoms with Crippen molar-refractivity contribution >= 4 is 23.2 Å². The van der Waals surface area contributed by atoms with Gasteiger partial charge in [-0.05, 0) is 62.5 Å². The van der Waals surface area contributed by atoms with Crippen LogP contribution in [0.25, 0.3) is 0 Å². The number of benzene rings is 1. The van der Waals surface area contributed by atoms with E-state index in [4.69, 9.17) is 22.0 Å². The number of nitrogens with zero attached hydrogens (tertiary/aromatic N) is 1. The van der Waals surface area contributed by atoms with Crippen LogP contribution in [-0.4, -0.2) is 17.4 Å². The van der Waals surface area contributed by atoms with Crippen LogP contribution in [0.3, 0.4) is 0 Å². The molecule has 1 aromatic rings. The van der Waals surface area contributed by atoms with Gasteiger partial charge in [0.25, 0.3) is 0 Å². The van der Waals surface area contributed by atoms with Crippen LogP contribution in [-0.2, 0) is 20.8 Å². The molecule has 1 spiro atoms. The van der Waals surface area contributed by atoms with E-state index >= 15 is 0 Å². The molecule has 0 bridgehead atoms. The molecule has 0 heterocycles. The van der Waals surface area contributed by atoms with Gasteiger partial charge in [-0.25, -0.2) is 0 Å². The van der Waals surface area contributed by atoms with E-state index in [0.717, 1.165) is 11.1 Å². The summed E-state index contributed by atoms with van der Waals surface area (Å²) >= 11 is -0.826. The van der Waals surface area contributed by atoms with Crippen LogP contribution in [0.1, 0.15) is 56.1 Å². The quantitative estimate of drug-likeness (QED) is 0.621. The summed E-state index contributed by atoms with van der Waals surface area (Å²) in [5.74, 6) is 0.373. The molecule has 0 aromatic heterocycles. The summed E-state index contributed by atoms with van der Waals surface area (Å²) in [6, 6.07) is 6.29. The van der Waals surface area contributed by atoms with Crippen LogP contribution < -0.4 is 0 Å². The first-order valence-corrected chi connectivity index (χ1v) is 14.2. The molecule has 2 aliphatic carbocycles. The van der Waals surface area contributed by atoms with Gasteiger partial charge in [0.05, 0.1) is 0 Å². The fourth-order valence-corrected chi connectivity index (χ4v) is 3.51. The number of aliphatic imine (C=N–C) groups is 1. The Balaban J connectivity index is 0.000000545. The zero-order valence-electron chi connectivity index (χ0n) is 13.0. The summed E-state index contributed by atoms with van der Waals surface area (Å²) in [6.45, 7) is 1.92. The van der Waals surface area contributed by atoms with Gasteiger partial charge in [0, 0.05) is 17.8 Å². The average molecular weight is 420 g/mol. The molecule has 1 N–H and O–H groups in total. The number of aryl methyl sites for hydroxylation is 1. The third kappa shape index (κ3) is 4.82. The van der Waals surface area contributed by atoms with E-state index < -0.39 is 20.8 Å². The molecule has 0 radical (unpaired) electrons. The molecule has 5 heteroatoms. The first kappa shape index (κ1) is 18.5. The van der Waals surface area contributed by atoms with E-state index in [2.05, 4.69) is 0 Å². The van der Waals surface area contributed by atoms with Gasteiger partial charge in [0.15, 0.2) is 0 Å². The molecule has 2 nitrogen and oxygen atoms in total. The molecule has 120 valence electrons. The standard InChI is InChI=1S/C17H23NO.2ClH.Zr/c1-13-4-2-5-14(16(13)19)12-18-15-6-10-17(11-7-15)8-3-9-17;;;/h2,4-5,12,15,19H,3,6-11H2,1H3;2*1H;/q;;;+2/p-2. The van der Waals surface area contributed by atoms with Crippen molar-refractivity contribution < 1.29 is 26.0 Å². The number of phenolic OH excluding ortho intramolecular Hbond substituents is 1. The number of hydrogen-bond donors (Lipinski definition) is 1. The van der Waals surface area contributed by atoms with Gasteiger partial charge in [-0.15, -0.1) is 0 Å². The van der Waals surface area contributed by atoms with Crippen molar-refractivity contribution in [1.82, 2.24) is 0 Å². The zero-order valence-corrected chi connectivity index (χ0v) is 17.0. The Kier molecular flexibility index (Phi) is 7.44. The van der Waals surface area contributed by atoms with E-state index in [0.29, 0.717) is 17.2 Å². The number of halogens is 2. The second-order valence-electron chi connectivity index (χ2n) is 6.45. The Labute approximate surface area is 152 Å². The zero-order chi connectivity index (χ0) is 16.0. The first-order chi connectivity index (χ1) is 10.6. The Bertz CT molecular complexity index is 507. The van der Waals surface area contributed by atoms with Crippen molar-refractivity contribution in [2.45, 2.75) is 57.9 Å². The number of phenols is 1. The summed E-state index contributed by atoms with van der Waals surface area (Å²) in [4.78, 5) is 4.69. The van der Waals surface area contributed by atoms with Crippen molar-refractivity contribution in [1.29, 1.82) is 0 Å². The second-order valence-corrected chi connectivity index (χ2v) is 10.2. The molecule has 0 atom stereocenters. The Hall–Kier alpha value is 0.153. The van der Waals surface area contributed by atoms with E-state index in [1.54, 1.807) is 0 Å². The van der Waals surface area contributed by atoms with Crippen molar-refractivity contribution in [2.75, 3.05) is 0 Å².